The maximum Gasteiger partial charge on any atom is 0.326 e. The van der Waals surface area contributed by atoms with Crippen molar-refractivity contribution in [3.8, 4) is 22.8 Å². The average molecular weight is 1250 g/mol. The molecule has 0 spiro atoms. The molecule has 2 aromatic heterocycles. The second-order valence-electron chi connectivity index (χ2n) is 22.5. The maximum atomic E-state index is 15.1. The first-order chi connectivity index (χ1) is 43.6. The molecular weight excluding hydrogens is 1180 g/mol. The molecule has 474 valence electrons. The Morgan fingerprint density at radius 3 is 2.26 bits per heavy atom. The van der Waals surface area contributed by atoms with E-state index in [4.69, 9.17) is 67.4 Å². The van der Waals surface area contributed by atoms with Gasteiger partial charge in [-0.3, -0.25) is 24.3 Å². The molecule has 0 radical (unpaired) electrons. The van der Waals surface area contributed by atoms with Crippen molar-refractivity contribution in [2.24, 2.45) is 4.99 Å². The standard InChI is InChI=1S/C65H75ClFN13O10/c1-41(2)90-54-37-47(85-6)18-20-49(54)61-73-58(43-11-9-42(3)10-12-43)59(44-13-15-45(66)16-14-44)80(61)65(84)77-26-25-76(56(82)40-77)27-29-87-31-33-89-35-34-88-32-30-86-28-21-55(81)70-22-24-79-62(69-4)57-51-38-71-60(68)63(72-51)78-23-7-8-53(78)50-36-46(67)17-19-48(50)64(83)75(5)39-52(57)74-79/h9-20,36-38,41,53,58-59H,7-8,21-35,39-40H2,1-3,5-6H3,(H2,68,71)(H,70,81)/t53-,58+,59-/m1/s1. The van der Waals surface area contributed by atoms with Gasteiger partial charge in [0.2, 0.25) is 11.8 Å². The number of nitrogens with zero attached hydrogens (tertiary/aromatic N) is 11. The molecule has 6 aromatic rings. The number of carbonyl (C=O) groups is 4. The molecule has 4 aliphatic heterocycles. The molecule has 2 saturated heterocycles. The predicted octanol–water partition coefficient (Wildman–Crippen LogP) is 8.38. The van der Waals surface area contributed by atoms with Crippen LogP contribution in [0, 0.1) is 19.3 Å². The van der Waals surface area contributed by atoms with Crippen LogP contribution < -0.4 is 25.4 Å². The van der Waals surface area contributed by atoms with Crippen molar-refractivity contribution in [3.05, 3.63) is 152 Å². The number of amidine groups is 1. The first-order valence-corrected chi connectivity index (χ1v) is 30.6. The first kappa shape index (κ1) is 64.3. The quantitative estimate of drug-likeness (QED) is 0.0427. The van der Waals surface area contributed by atoms with E-state index in [0.717, 1.165) is 23.1 Å². The third-order valence-electron chi connectivity index (χ3n) is 16.0. The second-order valence-corrected chi connectivity index (χ2v) is 23.0. The van der Waals surface area contributed by atoms with Crippen LogP contribution in [0.25, 0.3) is 16.1 Å². The van der Waals surface area contributed by atoms with E-state index >= 15 is 4.79 Å². The highest BCUT2D eigenvalue weighted by Gasteiger charge is 2.46. The van der Waals surface area contributed by atoms with Crippen molar-refractivity contribution in [1.82, 2.24) is 44.7 Å². The SMILES string of the molecule is [C-]#[N+]c1c2c(nn1CCNC(=O)CCOCCOCCOCCOCCN1CCN(C(=O)N3C(c4ccc(OC)cc4OC(C)C)=N[C@@H](c4ccc(C)cc4)[C@H]3c3ccc(Cl)cc3)CC1=O)CN(C)C(=O)c1ccc(F)cc1[C@H]1CCCN1c1nc-2cnc1N. The number of hydrogen-bond donors (Lipinski definition) is 2. The summed E-state index contributed by atoms with van der Waals surface area (Å²) < 4.78 is 50.9. The fourth-order valence-electron chi connectivity index (χ4n) is 11.6. The summed E-state index contributed by atoms with van der Waals surface area (Å²) in [5, 5.41) is 8.17. The summed E-state index contributed by atoms with van der Waals surface area (Å²) in [6.07, 6.45) is 2.80. The Morgan fingerprint density at radius 1 is 0.856 bits per heavy atom. The highest BCUT2D eigenvalue weighted by atomic mass is 35.5. The molecule has 2 bridgehead atoms. The summed E-state index contributed by atoms with van der Waals surface area (Å²) in [4.78, 5) is 82.6. The lowest BCUT2D eigenvalue weighted by Gasteiger charge is -2.38. The fraction of sp³-hybridized carbons (Fsp3) is 0.431. The average Bonchev–Trinajstić information content (AvgIpc) is 1.60. The Hall–Kier alpha value is -8.73. The van der Waals surface area contributed by atoms with Gasteiger partial charge in [-0.25, -0.2) is 19.2 Å². The van der Waals surface area contributed by atoms with Crippen LogP contribution in [0.3, 0.4) is 0 Å². The Bertz CT molecular complexity index is 3620. The van der Waals surface area contributed by atoms with Gasteiger partial charge in [0.05, 0.1) is 114 Å². The van der Waals surface area contributed by atoms with Crippen molar-refractivity contribution in [3.63, 3.8) is 0 Å². The van der Waals surface area contributed by atoms with Gasteiger partial charge in [0.1, 0.15) is 48.0 Å². The molecule has 3 N–H and O–H groups in total. The number of hydrogen-bond acceptors (Lipinski definition) is 16. The Labute approximate surface area is 527 Å². The molecule has 0 saturated carbocycles. The molecule has 4 aromatic carbocycles. The molecule has 0 unspecified atom stereocenters. The van der Waals surface area contributed by atoms with E-state index in [1.807, 2.05) is 74.2 Å². The largest absolute Gasteiger partial charge is 0.497 e. The van der Waals surface area contributed by atoms with E-state index in [0.29, 0.717) is 127 Å². The van der Waals surface area contributed by atoms with Gasteiger partial charge < -0.3 is 63.9 Å². The van der Waals surface area contributed by atoms with Crippen LogP contribution in [0.4, 0.5) is 26.6 Å². The van der Waals surface area contributed by atoms with E-state index in [9.17, 15) is 18.8 Å². The number of piperazine rings is 1. The lowest BCUT2D eigenvalue weighted by molar-refractivity contribution is -0.135. The molecule has 90 heavy (non-hydrogen) atoms. The number of rotatable bonds is 24. The van der Waals surface area contributed by atoms with Gasteiger partial charge >= 0.3 is 6.03 Å². The molecule has 6 heterocycles. The third-order valence-corrected chi connectivity index (χ3v) is 16.3. The van der Waals surface area contributed by atoms with E-state index in [2.05, 4.69) is 15.1 Å². The zero-order valence-corrected chi connectivity index (χ0v) is 52.0. The van der Waals surface area contributed by atoms with Gasteiger partial charge in [0.15, 0.2) is 11.6 Å². The summed E-state index contributed by atoms with van der Waals surface area (Å²) in [5.41, 5.74) is 11.9. The van der Waals surface area contributed by atoms with E-state index in [1.165, 1.54) is 34.0 Å². The highest BCUT2D eigenvalue weighted by molar-refractivity contribution is 6.30. The minimum absolute atomic E-state index is 0.0131. The van der Waals surface area contributed by atoms with E-state index < -0.39 is 17.9 Å². The molecule has 2 fully saturated rings. The first-order valence-electron chi connectivity index (χ1n) is 30.2. The van der Waals surface area contributed by atoms with Crippen LogP contribution in [0.2, 0.25) is 5.02 Å². The number of urea groups is 1. The molecule has 5 amide bonds. The summed E-state index contributed by atoms with van der Waals surface area (Å²) in [7, 11) is 3.22. The molecule has 23 nitrogen and oxygen atoms in total. The van der Waals surface area contributed by atoms with Gasteiger partial charge in [0.25, 0.3) is 11.7 Å². The predicted molar refractivity (Wildman–Crippen MR) is 335 cm³/mol. The number of anilines is 2. The van der Waals surface area contributed by atoms with Crippen molar-refractivity contribution in [1.29, 1.82) is 0 Å². The Balaban J connectivity index is 0.629. The summed E-state index contributed by atoms with van der Waals surface area (Å²) in [6, 6.07) is 23.4. The smallest absolute Gasteiger partial charge is 0.326 e. The molecule has 3 atom stereocenters. The monoisotopic (exact) mass is 1250 g/mol. The Morgan fingerprint density at radius 2 is 1.56 bits per heavy atom. The van der Waals surface area contributed by atoms with Crippen molar-refractivity contribution >= 4 is 58.6 Å². The molecule has 25 heteroatoms. The van der Waals surface area contributed by atoms with Gasteiger partial charge in [-0.05, 0) is 92.8 Å². The van der Waals surface area contributed by atoms with Crippen LogP contribution in [0.1, 0.15) is 95.1 Å². The van der Waals surface area contributed by atoms with Gasteiger partial charge in [-0.1, -0.05) is 60.1 Å². The van der Waals surface area contributed by atoms with Crippen molar-refractivity contribution < 1.29 is 52.0 Å². The zero-order chi connectivity index (χ0) is 63.4. The number of nitrogens with two attached hydrogens (primary N) is 1. The number of methoxy groups -OCH3 is 1. The number of amides is 5. The molecule has 4 aliphatic rings. The summed E-state index contributed by atoms with van der Waals surface area (Å²) in [5.74, 6) is 0.993. The van der Waals surface area contributed by atoms with Gasteiger partial charge in [0, 0.05) is 56.3 Å². The molecule has 0 aliphatic carbocycles. The zero-order valence-electron chi connectivity index (χ0n) is 51.2. The minimum atomic E-state index is -0.584. The van der Waals surface area contributed by atoms with Crippen LogP contribution >= 0.6 is 11.6 Å². The van der Waals surface area contributed by atoms with Crippen molar-refractivity contribution in [2.75, 3.05) is 117 Å². The third kappa shape index (κ3) is 14.9. The normalized spacial score (nSPS) is 17.3. The number of nitrogen functional groups attached to an aromatic ring is 1. The van der Waals surface area contributed by atoms with Crippen molar-refractivity contribution in [2.45, 2.75) is 77.4 Å². The minimum Gasteiger partial charge on any atom is -0.497 e. The molecule has 10 rings (SSSR count). The number of aryl methyl sites for hydroxylation is 1. The number of ether oxygens (including phenoxy) is 6. The number of halogens is 2. The van der Waals surface area contributed by atoms with E-state index in [1.54, 1.807) is 47.1 Å². The summed E-state index contributed by atoms with van der Waals surface area (Å²) in [6.45, 7) is 18.0. The Kier molecular flexibility index (Phi) is 21.2. The number of benzene rings is 4. The number of aromatic nitrogens is 4. The van der Waals surface area contributed by atoms with Gasteiger partial charge in [-0.2, -0.15) is 4.68 Å². The molecular formula is C65H75ClFN13O10. The number of nitrogens with one attached hydrogen (secondary N) is 1. The fourth-order valence-corrected chi connectivity index (χ4v) is 11.7. The summed E-state index contributed by atoms with van der Waals surface area (Å²) >= 11 is 6.40. The van der Waals surface area contributed by atoms with Crippen LogP contribution in [0.5, 0.6) is 11.5 Å². The number of carbonyl (C=O) groups excluding carboxylic acids is 4. The highest BCUT2D eigenvalue weighted by Crippen LogP contribution is 2.47. The van der Waals surface area contributed by atoms with Gasteiger partial charge in [-0.15, -0.1) is 5.10 Å². The number of aliphatic imine (C=N–C) groups is 1. The topological polar surface area (TPSA) is 238 Å². The number of fused-ring (bicyclic) bond motifs is 8. The van der Waals surface area contributed by atoms with Crippen LogP contribution in [0.15, 0.2) is 96.1 Å². The maximum absolute atomic E-state index is 15.1. The lowest BCUT2D eigenvalue weighted by atomic mass is 9.93. The van der Waals surface area contributed by atoms with Crippen LogP contribution in [-0.4, -0.2) is 181 Å². The second kappa shape index (κ2) is 29.7. The lowest BCUT2D eigenvalue weighted by Crippen LogP contribution is -2.56. The van der Waals surface area contributed by atoms with E-state index in [-0.39, 0.29) is 100.0 Å². The van der Waals surface area contributed by atoms with Crippen LogP contribution in [-0.2, 0) is 41.6 Å².